The van der Waals surface area contributed by atoms with E-state index in [2.05, 4.69) is 28.3 Å². The van der Waals surface area contributed by atoms with E-state index in [0.29, 0.717) is 0 Å². The summed E-state index contributed by atoms with van der Waals surface area (Å²) in [6.45, 7) is 3.11. The van der Waals surface area contributed by atoms with Gasteiger partial charge in [0.1, 0.15) is 0 Å². The van der Waals surface area contributed by atoms with E-state index >= 15 is 0 Å². The van der Waals surface area contributed by atoms with Gasteiger partial charge in [-0.2, -0.15) is 0 Å². The first kappa shape index (κ1) is 9.71. The lowest BCUT2D eigenvalue weighted by Gasteiger charge is -2.06. The van der Waals surface area contributed by atoms with Gasteiger partial charge in [0, 0.05) is 18.9 Å². The van der Waals surface area contributed by atoms with Gasteiger partial charge >= 0.3 is 0 Å². The first-order valence-electron chi connectivity index (χ1n) is 5.07. The fourth-order valence-corrected chi connectivity index (χ4v) is 1.35. The quantitative estimate of drug-likeness (QED) is 0.825. The topological polar surface area (TPSA) is 42.7 Å². The zero-order valence-electron chi connectivity index (χ0n) is 8.72. The van der Waals surface area contributed by atoms with Crippen LogP contribution in [0.15, 0.2) is 37.2 Å². The monoisotopic (exact) mass is 202 g/mol. The van der Waals surface area contributed by atoms with Gasteiger partial charge in [0.25, 0.3) is 0 Å². The number of hydrogen-bond donors (Lipinski definition) is 1. The molecule has 15 heavy (non-hydrogen) atoms. The second-order valence-corrected chi connectivity index (χ2v) is 3.33. The highest BCUT2D eigenvalue weighted by Crippen LogP contribution is 2.11. The number of aromatic nitrogens is 3. The van der Waals surface area contributed by atoms with Crippen LogP contribution in [0.25, 0.3) is 5.69 Å². The summed E-state index contributed by atoms with van der Waals surface area (Å²) < 4.78 is 1.93. The van der Waals surface area contributed by atoms with E-state index < -0.39 is 0 Å². The average Bonchev–Trinajstić information content (AvgIpc) is 2.80. The van der Waals surface area contributed by atoms with Crippen LogP contribution in [-0.2, 0) is 0 Å². The molecule has 0 radical (unpaired) electrons. The van der Waals surface area contributed by atoms with Crippen LogP contribution in [0, 0.1) is 0 Å². The molecular formula is C11H14N4. The Morgan fingerprint density at radius 3 is 3.00 bits per heavy atom. The first-order chi connectivity index (χ1) is 7.40. The van der Waals surface area contributed by atoms with Crippen LogP contribution >= 0.6 is 0 Å². The van der Waals surface area contributed by atoms with E-state index in [4.69, 9.17) is 0 Å². The van der Waals surface area contributed by atoms with Gasteiger partial charge < -0.3 is 9.88 Å². The van der Waals surface area contributed by atoms with Gasteiger partial charge in [0.2, 0.25) is 0 Å². The predicted molar refractivity (Wildman–Crippen MR) is 60.1 cm³/mol. The Hall–Kier alpha value is -1.84. The Morgan fingerprint density at radius 2 is 2.27 bits per heavy atom. The van der Waals surface area contributed by atoms with E-state index in [1.807, 2.05) is 23.2 Å². The minimum atomic E-state index is 0.967. The van der Waals surface area contributed by atoms with Gasteiger partial charge in [0.05, 0.1) is 30.1 Å². The molecule has 0 unspecified atom stereocenters. The highest BCUT2D eigenvalue weighted by Gasteiger charge is 1.97. The maximum atomic E-state index is 4.18. The number of anilines is 1. The van der Waals surface area contributed by atoms with E-state index in [9.17, 15) is 0 Å². The molecule has 0 spiro atoms. The molecule has 2 aromatic rings. The van der Waals surface area contributed by atoms with Crippen molar-refractivity contribution in [1.82, 2.24) is 14.5 Å². The van der Waals surface area contributed by atoms with E-state index in [-0.39, 0.29) is 0 Å². The molecule has 4 heteroatoms. The second kappa shape index (κ2) is 4.59. The van der Waals surface area contributed by atoms with Crippen molar-refractivity contribution >= 4 is 5.69 Å². The van der Waals surface area contributed by atoms with Crippen molar-refractivity contribution < 1.29 is 0 Å². The van der Waals surface area contributed by atoms with Crippen LogP contribution in [0.4, 0.5) is 5.69 Å². The van der Waals surface area contributed by atoms with Crippen LogP contribution in [-0.4, -0.2) is 21.1 Å². The second-order valence-electron chi connectivity index (χ2n) is 3.33. The van der Waals surface area contributed by atoms with Gasteiger partial charge in [-0.15, -0.1) is 0 Å². The Bertz CT molecular complexity index is 408. The Kier molecular flexibility index (Phi) is 2.97. The number of nitrogens with one attached hydrogen (secondary N) is 1. The molecule has 2 heterocycles. The molecule has 1 N–H and O–H groups in total. The van der Waals surface area contributed by atoms with Gasteiger partial charge in [-0.1, -0.05) is 6.92 Å². The molecule has 0 bridgehead atoms. The molecule has 78 valence electrons. The SMILES string of the molecule is CCCNc1cncc(-n2ccnc2)c1. The summed E-state index contributed by atoms with van der Waals surface area (Å²) in [4.78, 5) is 8.19. The maximum Gasteiger partial charge on any atom is 0.0992 e. The number of imidazole rings is 1. The normalized spacial score (nSPS) is 10.2. The van der Waals surface area contributed by atoms with Gasteiger partial charge in [-0.05, 0) is 12.5 Å². The standard InChI is InChI=1S/C11H14N4/c1-2-3-14-10-6-11(8-13-7-10)15-5-4-12-9-15/h4-9,14H,2-3H2,1H3. The molecule has 0 saturated heterocycles. The number of nitrogens with zero attached hydrogens (tertiary/aromatic N) is 3. The van der Waals surface area contributed by atoms with Crippen LogP contribution in [0.1, 0.15) is 13.3 Å². The van der Waals surface area contributed by atoms with Gasteiger partial charge in [0.15, 0.2) is 0 Å². The van der Waals surface area contributed by atoms with Crippen molar-refractivity contribution in [3.05, 3.63) is 37.2 Å². The van der Waals surface area contributed by atoms with Crippen molar-refractivity contribution in [1.29, 1.82) is 0 Å². The number of rotatable bonds is 4. The lowest BCUT2D eigenvalue weighted by atomic mass is 10.3. The molecule has 0 aromatic carbocycles. The molecule has 0 fully saturated rings. The van der Waals surface area contributed by atoms with E-state index in [1.165, 1.54) is 0 Å². The Labute approximate surface area is 89.0 Å². The van der Waals surface area contributed by atoms with E-state index in [0.717, 1.165) is 24.3 Å². The third-order valence-electron chi connectivity index (χ3n) is 2.11. The molecule has 0 aliphatic rings. The Morgan fingerprint density at radius 1 is 1.33 bits per heavy atom. The van der Waals surface area contributed by atoms with Crippen molar-refractivity contribution in [3.8, 4) is 5.69 Å². The Balaban J connectivity index is 2.19. The molecule has 0 saturated carbocycles. The van der Waals surface area contributed by atoms with Crippen molar-refractivity contribution in [2.75, 3.05) is 11.9 Å². The summed E-state index contributed by atoms with van der Waals surface area (Å²) in [5, 5.41) is 3.30. The van der Waals surface area contributed by atoms with Crippen LogP contribution in [0.2, 0.25) is 0 Å². The molecule has 2 rings (SSSR count). The van der Waals surface area contributed by atoms with Crippen LogP contribution in [0.3, 0.4) is 0 Å². The highest BCUT2D eigenvalue weighted by atomic mass is 15.0. The van der Waals surface area contributed by atoms with Crippen molar-refractivity contribution in [2.45, 2.75) is 13.3 Å². The van der Waals surface area contributed by atoms with Crippen LogP contribution < -0.4 is 5.32 Å². The summed E-state index contributed by atoms with van der Waals surface area (Å²) in [6.07, 6.45) is 10.2. The van der Waals surface area contributed by atoms with Crippen molar-refractivity contribution in [3.63, 3.8) is 0 Å². The van der Waals surface area contributed by atoms with Gasteiger partial charge in [-0.25, -0.2) is 4.98 Å². The average molecular weight is 202 g/mol. The summed E-state index contributed by atoms with van der Waals surface area (Å²) in [5.41, 5.74) is 2.07. The van der Waals surface area contributed by atoms with E-state index in [1.54, 1.807) is 12.5 Å². The third kappa shape index (κ3) is 2.34. The molecule has 0 amide bonds. The minimum Gasteiger partial charge on any atom is -0.384 e. The van der Waals surface area contributed by atoms with Crippen molar-refractivity contribution in [2.24, 2.45) is 0 Å². The summed E-state index contributed by atoms with van der Waals surface area (Å²) in [6, 6.07) is 2.06. The summed E-state index contributed by atoms with van der Waals surface area (Å²) in [5.74, 6) is 0. The third-order valence-corrected chi connectivity index (χ3v) is 2.11. The number of hydrogen-bond acceptors (Lipinski definition) is 3. The molecule has 0 aliphatic carbocycles. The largest absolute Gasteiger partial charge is 0.384 e. The zero-order valence-corrected chi connectivity index (χ0v) is 8.72. The highest BCUT2D eigenvalue weighted by molar-refractivity contribution is 5.48. The minimum absolute atomic E-state index is 0.967. The number of pyridine rings is 1. The lowest BCUT2D eigenvalue weighted by Crippen LogP contribution is -2.01. The molecule has 0 atom stereocenters. The molecule has 4 nitrogen and oxygen atoms in total. The fourth-order valence-electron chi connectivity index (χ4n) is 1.35. The smallest absolute Gasteiger partial charge is 0.0992 e. The lowest BCUT2D eigenvalue weighted by molar-refractivity contribution is 0.973. The van der Waals surface area contributed by atoms with Crippen LogP contribution in [0.5, 0.6) is 0 Å². The zero-order chi connectivity index (χ0) is 10.5. The van der Waals surface area contributed by atoms with Gasteiger partial charge in [-0.3, -0.25) is 4.98 Å². The summed E-state index contributed by atoms with van der Waals surface area (Å²) in [7, 11) is 0. The fraction of sp³-hybridized carbons (Fsp3) is 0.273. The molecule has 0 aliphatic heterocycles. The molecular weight excluding hydrogens is 188 g/mol. The predicted octanol–water partition coefficient (Wildman–Crippen LogP) is 2.09. The molecule has 2 aromatic heterocycles. The maximum absolute atomic E-state index is 4.18. The summed E-state index contributed by atoms with van der Waals surface area (Å²) >= 11 is 0. The first-order valence-corrected chi connectivity index (χ1v) is 5.07.